The molecule has 6 heteroatoms. The second-order valence-electron chi connectivity index (χ2n) is 7.10. The highest BCUT2D eigenvalue weighted by Gasteiger charge is 2.24. The Hall–Kier alpha value is -3.54. The van der Waals surface area contributed by atoms with E-state index in [2.05, 4.69) is 17.0 Å². The first-order valence-electron chi connectivity index (χ1n) is 9.64. The molecule has 1 atom stereocenters. The Morgan fingerprint density at radius 2 is 2.00 bits per heavy atom. The molecule has 4 rings (SSSR count). The fraction of sp³-hybridized carbons (Fsp3) is 0.217. The Bertz CT molecular complexity index is 1150. The molecular weight excluding hydrogens is 362 g/mol. The van der Waals surface area contributed by atoms with Crippen molar-refractivity contribution in [3.63, 3.8) is 0 Å². The number of aryl methyl sites for hydroxylation is 1. The second-order valence-corrected chi connectivity index (χ2v) is 7.10. The van der Waals surface area contributed by atoms with Crippen molar-refractivity contribution in [3.05, 3.63) is 78.4 Å². The zero-order chi connectivity index (χ0) is 20.4. The average molecular weight is 385 g/mol. The fourth-order valence-corrected chi connectivity index (χ4v) is 3.69. The Morgan fingerprint density at radius 1 is 1.17 bits per heavy atom. The van der Waals surface area contributed by atoms with Crippen LogP contribution in [0.1, 0.15) is 35.3 Å². The van der Waals surface area contributed by atoms with Crippen LogP contribution >= 0.6 is 0 Å². The topological polar surface area (TPSA) is 63.9 Å². The first-order chi connectivity index (χ1) is 14.1. The molecule has 0 aliphatic carbocycles. The van der Waals surface area contributed by atoms with Gasteiger partial charge in [-0.2, -0.15) is 5.10 Å². The van der Waals surface area contributed by atoms with Crippen molar-refractivity contribution in [1.29, 1.82) is 0 Å². The minimum atomic E-state index is -0.0510. The van der Waals surface area contributed by atoms with Gasteiger partial charge >= 0.3 is 0 Å². The number of hydrogen-bond acceptors (Lipinski definition) is 4. The summed E-state index contributed by atoms with van der Waals surface area (Å²) in [5.41, 5.74) is 4.08. The summed E-state index contributed by atoms with van der Waals surface area (Å²) in [6.45, 7) is 2.08. The van der Waals surface area contributed by atoms with Crippen molar-refractivity contribution in [2.24, 2.45) is 7.05 Å². The molecule has 0 aliphatic rings. The van der Waals surface area contributed by atoms with Crippen molar-refractivity contribution in [3.8, 4) is 11.3 Å². The van der Waals surface area contributed by atoms with E-state index in [1.165, 1.54) is 0 Å². The third-order valence-corrected chi connectivity index (χ3v) is 5.19. The maximum Gasteiger partial charge on any atom is 0.254 e. The molecule has 1 amide bonds. The van der Waals surface area contributed by atoms with Crippen LogP contribution in [0.2, 0.25) is 0 Å². The average Bonchev–Trinajstić information content (AvgIpc) is 3.20. The normalized spacial score (nSPS) is 12.1. The molecule has 1 aromatic carbocycles. The summed E-state index contributed by atoms with van der Waals surface area (Å²) in [4.78, 5) is 24.3. The molecule has 6 nitrogen and oxygen atoms in total. The van der Waals surface area contributed by atoms with E-state index in [1.54, 1.807) is 22.0 Å². The number of hydrogen-bond donors (Lipinski definition) is 0. The number of pyridine rings is 2. The third-order valence-electron chi connectivity index (χ3n) is 5.19. The molecule has 0 radical (unpaired) electrons. The number of benzene rings is 1. The van der Waals surface area contributed by atoms with Gasteiger partial charge in [0.25, 0.3) is 5.91 Å². The van der Waals surface area contributed by atoms with Crippen LogP contribution in [0.4, 0.5) is 0 Å². The molecule has 0 fully saturated rings. The van der Waals surface area contributed by atoms with Crippen LogP contribution in [0, 0.1) is 0 Å². The van der Waals surface area contributed by atoms with Gasteiger partial charge in [-0.3, -0.25) is 14.5 Å². The van der Waals surface area contributed by atoms with Crippen LogP contribution < -0.4 is 0 Å². The van der Waals surface area contributed by atoms with Gasteiger partial charge in [0.05, 0.1) is 29.0 Å². The molecule has 0 N–H and O–H groups in total. The Labute approximate surface area is 169 Å². The summed E-state index contributed by atoms with van der Waals surface area (Å²) in [7, 11) is 3.71. The molecule has 0 spiro atoms. The maximum atomic E-state index is 13.6. The molecule has 3 aromatic heterocycles. The number of carbonyl (C=O) groups is 1. The Balaban J connectivity index is 1.80. The van der Waals surface area contributed by atoms with Crippen LogP contribution in [0.5, 0.6) is 0 Å². The van der Waals surface area contributed by atoms with Gasteiger partial charge < -0.3 is 4.90 Å². The molecule has 0 bridgehead atoms. The molecule has 0 saturated carbocycles. The van der Waals surface area contributed by atoms with Gasteiger partial charge in [-0.1, -0.05) is 31.2 Å². The van der Waals surface area contributed by atoms with Crippen molar-refractivity contribution in [1.82, 2.24) is 24.6 Å². The molecular formula is C23H23N5O. The minimum absolute atomic E-state index is 0.0376. The number of fused-ring (bicyclic) bond motifs is 1. The van der Waals surface area contributed by atoms with E-state index in [4.69, 9.17) is 4.98 Å². The third kappa shape index (κ3) is 3.61. The van der Waals surface area contributed by atoms with E-state index in [0.717, 1.165) is 34.1 Å². The van der Waals surface area contributed by atoms with E-state index in [9.17, 15) is 4.79 Å². The van der Waals surface area contributed by atoms with Gasteiger partial charge in [-0.25, -0.2) is 4.98 Å². The molecule has 29 heavy (non-hydrogen) atoms. The largest absolute Gasteiger partial charge is 0.335 e. The zero-order valence-corrected chi connectivity index (χ0v) is 16.8. The van der Waals surface area contributed by atoms with Gasteiger partial charge in [0, 0.05) is 43.6 Å². The Morgan fingerprint density at radius 3 is 2.69 bits per heavy atom. The van der Waals surface area contributed by atoms with Crippen LogP contribution in [0.3, 0.4) is 0 Å². The maximum absolute atomic E-state index is 13.6. The quantitative estimate of drug-likeness (QED) is 0.515. The molecule has 0 aliphatic heterocycles. The zero-order valence-electron chi connectivity index (χ0n) is 16.8. The minimum Gasteiger partial charge on any atom is -0.335 e. The lowest BCUT2D eigenvalue weighted by Gasteiger charge is -2.28. The second kappa shape index (κ2) is 7.83. The van der Waals surface area contributed by atoms with Crippen LogP contribution in [0.15, 0.2) is 67.3 Å². The van der Waals surface area contributed by atoms with E-state index in [0.29, 0.717) is 5.56 Å². The predicted octanol–water partition coefficient (Wildman–Crippen LogP) is 4.25. The van der Waals surface area contributed by atoms with E-state index < -0.39 is 0 Å². The summed E-state index contributed by atoms with van der Waals surface area (Å²) >= 11 is 0. The highest BCUT2D eigenvalue weighted by molar-refractivity contribution is 6.07. The number of carbonyl (C=O) groups excluding carboxylic acids is 1. The summed E-state index contributed by atoms with van der Waals surface area (Å²) in [5, 5.41) is 5.08. The highest BCUT2D eigenvalue weighted by atomic mass is 16.2. The first kappa shape index (κ1) is 18.8. The highest BCUT2D eigenvalue weighted by Crippen LogP contribution is 2.29. The summed E-state index contributed by atoms with van der Waals surface area (Å²) in [6.07, 6.45) is 8.03. The molecule has 4 aromatic rings. The van der Waals surface area contributed by atoms with Gasteiger partial charge in [0.2, 0.25) is 0 Å². The number of rotatable bonds is 5. The molecule has 3 heterocycles. The van der Waals surface area contributed by atoms with Crippen molar-refractivity contribution >= 4 is 16.8 Å². The van der Waals surface area contributed by atoms with E-state index in [-0.39, 0.29) is 11.9 Å². The SMILES string of the molecule is CCC(c1cccnc1)N(C)C(=O)c1cc(-c2cnn(C)c2)nc2ccccc12. The number of amides is 1. The lowest BCUT2D eigenvalue weighted by molar-refractivity contribution is 0.0728. The van der Waals surface area contributed by atoms with Gasteiger partial charge in [-0.05, 0) is 30.2 Å². The van der Waals surface area contributed by atoms with Gasteiger partial charge in [0.1, 0.15) is 0 Å². The summed E-state index contributed by atoms with van der Waals surface area (Å²) < 4.78 is 1.73. The van der Waals surface area contributed by atoms with Crippen molar-refractivity contribution in [2.45, 2.75) is 19.4 Å². The van der Waals surface area contributed by atoms with Crippen molar-refractivity contribution in [2.75, 3.05) is 7.05 Å². The summed E-state index contributed by atoms with van der Waals surface area (Å²) in [6, 6.07) is 13.5. The van der Waals surface area contributed by atoms with E-state index >= 15 is 0 Å². The predicted molar refractivity (Wildman–Crippen MR) is 113 cm³/mol. The monoisotopic (exact) mass is 385 g/mol. The van der Waals surface area contributed by atoms with Crippen LogP contribution in [0.25, 0.3) is 22.2 Å². The first-order valence-corrected chi connectivity index (χ1v) is 9.64. The number of nitrogens with zero attached hydrogens (tertiary/aromatic N) is 5. The van der Waals surface area contributed by atoms with Crippen LogP contribution in [-0.2, 0) is 7.05 Å². The number of aromatic nitrogens is 4. The molecule has 146 valence electrons. The van der Waals surface area contributed by atoms with Crippen LogP contribution in [-0.4, -0.2) is 37.6 Å². The van der Waals surface area contributed by atoms with Gasteiger partial charge in [0.15, 0.2) is 0 Å². The van der Waals surface area contributed by atoms with Crippen molar-refractivity contribution < 1.29 is 4.79 Å². The van der Waals surface area contributed by atoms with E-state index in [1.807, 2.05) is 69.0 Å². The summed E-state index contributed by atoms with van der Waals surface area (Å²) in [5.74, 6) is -0.0376. The lowest BCUT2D eigenvalue weighted by Crippen LogP contribution is -2.31. The lowest BCUT2D eigenvalue weighted by atomic mass is 10.0. The molecule has 1 unspecified atom stereocenters. The number of para-hydroxylation sites is 1. The fourth-order valence-electron chi connectivity index (χ4n) is 3.69. The van der Waals surface area contributed by atoms with Gasteiger partial charge in [-0.15, -0.1) is 0 Å². The Kier molecular flexibility index (Phi) is 5.08. The smallest absolute Gasteiger partial charge is 0.254 e. The molecule has 0 saturated heterocycles. The standard InChI is InChI=1S/C23H23N5O/c1-4-22(16-8-7-11-24-13-16)28(3)23(29)19-12-21(17-14-25-27(2)15-17)26-20-10-6-5-9-18(19)20/h5-15,22H,4H2,1-3H3.